The maximum atomic E-state index is 13.2. The number of hydrogen-bond donors (Lipinski definition) is 1. The van der Waals surface area contributed by atoms with Crippen molar-refractivity contribution in [2.45, 2.75) is 39.2 Å². The molecular weight excluding hydrogens is 370 g/mol. The smallest absolute Gasteiger partial charge is 0.252 e. The summed E-state index contributed by atoms with van der Waals surface area (Å²) < 4.78 is 22.1. The molecule has 1 N–H and O–H groups in total. The summed E-state index contributed by atoms with van der Waals surface area (Å²) in [6.07, 6.45) is 2.47. The molecule has 2 aromatic carbocycles. The zero-order valence-corrected chi connectivity index (χ0v) is 17.5. The lowest BCUT2D eigenvalue weighted by Gasteiger charge is -2.23. The molecule has 1 amide bonds. The van der Waals surface area contributed by atoms with Gasteiger partial charge in [0.1, 0.15) is 13.2 Å². The molecule has 0 aromatic heterocycles. The zero-order valence-electron chi connectivity index (χ0n) is 17.5. The SMILES string of the molecule is CCCC(NC(=O)c1cc(OC)c(OC)cc1CC)c1ccc2c(c1)OCCO2. The van der Waals surface area contributed by atoms with Crippen molar-refractivity contribution in [1.82, 2.24) is 5.32 Å². The van der Waals surface area contributed by atoms with Gasteiger partial charge in [-0.05, 0) is 48.2 Å². The van der Waals surface area contributed by atoms with E-state index >= 15 is 0 Å². The van der Waals surface area contributed by atoms with Crippen LogP contribution in [0.1, 0.15) is 54.2 Å². The van der Waals surface area contributed by atoms with Crippen LogP contribution in [0.2, 0.25) is 0 Å². The number of carbonyl (C=O) groups excluding carboxylic acids is 1. The number of hydrogen-bond acceptors (Lipinski definition) is 5. The fourth-order valence-electron chi connectivity index (χ4n) is 3.55. The normalized spacial score (nSPS) is 13.5. The van der Waals surface area contributed by atoms with Gasteiger partial charge in [-0.3, -0.25) is 4.79 Å². The molecule has 1 unspecified atom stereocenters. The molecule has 0 saturated heterocycles. The average Bonchev–Trinajstić information content (AvgIpc) is 2.77. The van der Waals surface area contributed by atoms with Crippen molar-refractivity contribution >= 4 is 5.91 Å². The van der Waals surface area contributed by atoms with Gasteiger partial charge in [0, 0.05) is 5.56 Å². The molecule has 0 spiro atoms. The first kappa shape index (κ1) is 20.8. The van der Waals surface area contributed by atoms with E-state index in [1.54, 1.807) is 20.3 Å². The highest BCUT2D eigenvalue weighted by molar-refractivity contribution is 5.96. The van der Waals surface area contributed by atoms with Crippen molar-refractivity contribution in [1.29, 1.82) is 0 Å². The lowest BCUT2D eigenvalue weighted by Crippen LogP contribution is -2.29. The zero-order chi connectivity index (χ0) is 20.8. The summed E-state index contributed by atoms with van der Waals surface area (Å²) in [5.74, 6) is 2.51. The number of carbonyl (C=O) groups is 1. The highest BCUT2D eigenvalue weighted by Gasteiger charge is 2.21. The Bertz CT molecular complexity index is 865. The monoisotopic (exact) mass is 399 g/mol. The van der Waals surface area contributed by atoms with Gasteiger partial charge in [-0.25, -0.2) is 0 Å². The second kappa shape index (κ2) is 9.54. The van der Waals surface area contributed by atoms with Gasteiger partial charge in [-0.15, -0.1) is 0 Å². The van der Waals surface area contributed by atoms with Gasteiger partial charge in [-0.2, -0.15) is 0 Å². The van der Waals surface area contributed by atoms with Gasteiger partial charge in [0.2, 0.25) is 0 Å². The van der Waals surface area contributed by atoms with Gasteiger partial charge in [0.15, 0.2) is 23.0 Å². The Hall–Kier alpha value is -2.89. The van der Waals surface area contributed by atoms with Gasteiger partial charge in [0.25, 0.3) is 5.91 Å². The van der Waals surface area contributed by atoms with Crippen molar-refractivity contribution in [3.05, 3.63) is 47.0 Å². The second-order valence-corrected chi connectivity index (χ2v) is 6.94. The number of rotatable bonds is 8. The number of amides is 1. The van der Waals surface area contributed by atoms with Crippen LogP contribution in [0.15, 0.2) is 30.3 Å². The molecule has 29 heavy (non-hydrogen) atoms. The molecule has 1 aliphatic heterocycles. The molecule has 3 rings (SSSR count). The first-order valence-corrected chi connectivity index (χ1v) is 10.1. The maximum Gasteiger partial charge on any atom is 0.252 e. The minimum Gasteiger partial charge on any atom is -0.493 e. The van der Waals surface area contributed by atoms with Crippen LogP contribution < -0.4 is 24.3 Å². The lowest BCUT2D eigenvalue weighted by molar-refractivity contribution is 0.0933. The molecule has 0 fully saturated rings. The fourth-order valence-corrected chi connectivity index (χ4v) is 3.55. The molecule has 1 atom stereocenters. The summed E-state index contributed by atoms with van der Waals surface area (Å²) in [5, 5.41) is 3.19. The summed E-state index contributed by atoms with van der Waals surface area (Å²) in [5.41, 5.74) is 2.52. The van der Waals surface area contributed by atoms with Crippen molar-refractivity contribution in [2.24, 2.45) is 0 Å². The van der Waals surface area contributed by atoms with E-state index in [2.05, 4.69) is 12.2 Å². The summed E-state index contributed by atoms with van der Waals surface area (Å²) in [6.45, 7) is 5.21. The second-order valence-electron chi connectivity index (χ2n) is 6.94. The highest BCUT2D eigenvalue weighted by atomic mass is 16.6. The van der Waals surface area contributed by atoms with Crippen LogP contribution in [0, 0.1) is 0 Å². The first-order valence-electron chi connectivity index (χ1n) is 10.1. The minimum atomic E-state index is -0.129. The summed E-state index contributed by atoms with van der Waals surface area (Å²) >= 11 is 0. The third-order valence-electron chi connectivity index (χ3n) is 5.09. The van der Waals surface area contributed by atoms with Crippen molar-refractivity contribution in [2.75, 3.05) is 27.4 Å². The van der Waals surface area contributed by atoms with E-state index in [0.29, 0.717) is 36.7 Å². The molecule has 0 bridgehead atoms. The number of benzene rings is 2. The van der Waals surface area contributed by atoms with Crippen molar-refractivity contribution in [3.8, 4) is 23.0 Å². The van der Waals surface area contributed by atoms with Crippen LogP contribution in [0.3, 0.4) is 0 Å². The van der Waals surface area contributed by atoms with E-state index < -0.39 is 0 Å². The molecular formula is C23H29NO5. The van der Waals surface area contributed by atoms with Crippen molar-refractivity contribution < 1.29 is 23.7 Å². The van der Waals surface area contributed by atoms with E-state index in [9.17, 15) is 4.79 Å². The Morgan fingerprint density at radius 1 is 1.03 bits per heavy atom. The summed E-state index contributed by atoms with van der Waals surface area (Å²) in [7, 11) is 3.16. The highest BCUT2D eigenvalue weighted by Crippen LogP contribution is 2.34. The van der Waals surface area contributed by atoms with Gasteiger partial charge in [-0.1, -0.05) is 26.3 Å². The molecule has 6 heteroatoms. The van der Waals surface area contributed by atoms with Crippen LogP contribution in [0.5, 0.6) is 23.0 Å². The Morgan fingerprint density at radius 2 is 1.72 bits per heavy atom. The summed E-state index contributed by atoms with van der Waals surface area (Å²) in [6, 6.07) is 9.36. The minimum absolute atomic E-state index is 0.124. The standard InChI is InChI=1S/C23H29NO5/c1-5-7-18(16-8-9-19-22(13-16)29-11-10-28-19)24-23(25)17-14-21(27-4)20(26-3)12-15(17)6-2/h8-9,12-14,18H,5-7,10-11H2,1-4H3,(H,24,25). The van der Waals surface area contributed by atoms with Crippen LogP contribution in [-0.2, 0) is 6.42 Å². The first-order chi connectivity index (χ1) is 14.1. The molecule has 1 heterocycles. The molecule has 2 aromatic rings. The topological polar surface area (TPSA) is 66.0 Å². The van der Waals surface area contributed by atoms with E-state index in [0.717, 1.165) is 35.5 Å². The number of nitrogens with one attached hydrogen (secondary N) is 1. The third-order valence-corrected chi connectivity index (χ3v) is 5.09. The Labute approximate surface area is 172 Å². The maximum absolute atomic E-state index is 13.2. The van der Waals surface area contributed by atoms with Crippen LogP contribution in [0.25, 0.3) is 0 Å². The average molecular weight is 399 g/mol. The van der Waals surface area contributed by atoms with E-state index in [1.807, 2.05) is 31.2 Å². The predicted molar refractivity (Wildman–Crippen MR) is 111 cm³/mol. The van der Waals surface area contributed by atoms with E-state index in [4.69, 9.17) is 18.9 Å². The van der Waals surface area contributed by atoms with Gasteiger partial charge >= 0.3 is 0 Å². The van der Waals surface area contributed by atoms with Gasteiger partial charge < -0.3 is 24.3 Å². The van der Waals surface area contributed by atoms with E-state index in [1.165, 1.54) is 0 Å². The van der Waals surface area contributed by atoms with Crippen LogP contribution >= 0.6 is 0 Å². The molecule has 6 nitrogen and oxygen atoms in total. The fraction of sp³-hybridized carbons (Fsp3) is 0.435. The number of fused-ring (bicyclic) bond motifs is 1. The largest absolute Gasteiger partial charge is 0.493 e. The lowest BCUT2D eigenvalue weighted by atomic mass is 9.99. The summed E-state index contributed by atoms with van der Waals surface area (Å²) in [4.78, 5) is 13.2. The molecule has 0 saturated carbocycles. The van der Waals surface area contributed by atoms with Gasteiger partial charge in [0.05, 0.1) is 20.3 Å². The van der Waals surface area contributed by atoms with Crippen molar-refractivity contribution in [3.63, 3.8) is 0 Å². The third kappa shape index (κ3) is 4.58. The quantitative estimate of drug-likeness (QED) is 0.717. The van der Waals surface area contributed by atoms with Crippen LogP contribution in [0.4, 0.5) is 0 Å². The Kier molecular flexibility index (Phi) is 6.86. The molecule has 0 radical (unpaired) electrons. The Morgan fingerprint density at radius 3 is 2.38 bits per heavy atom. The van der Waals surface area contributed by atoms with E-state index in [-0.39, 0.29) is 11.9 Å². The Balaban J connectivity index is 1.88. The number of aryl methyl sites for hydroxylation is 1. The molecule has 156 valence electrons. The number of ether oxygens (including phenoxy) is 4. The predicted octanol–water partition coefficient (Wildman–Crippen LogP) is 4.31. The molecule has 1 aliphatic rings. The number of methoxy groups -OCH3 is 2. The molecule has 0 aliphatic carbocycles. The van der Waals surface area contributed by atoms with Crippen LogP contribution in [-0.4, -0.2) is 33.3 Å².